The Balaban J connectivity index is 2.28. The summed E-state index contributed by atoms with van der Waals surface area (Å²) in [6, 6.07) is 8.87. The van der Waals surface area contributed by atoms with Crippen molar-refractivity contribution < 1.29 is 0 Å². The van der Waals surface area contributed by atoms with Crippen LogP contribution in [0.1, 0.15) is 35.5 Å². The van der Waals surface area contributed by atoms with E-state index in [1.807, 2.05) is 18.7 Å². The molecule has 1 aromatic heterocycles. The molecule has 0 aliphatic carbocycles. The highest BCUT2D eigenvalue weighted by molar-refractivity contribution is 6.31. The zero-order chi connectivity index (χ0) is 14.7. The third-order valence-electron chi connectivity index (χ3n) is 3.68. The second-order valence-corrected chi connectivity index (χ2v) is 5.50. The fourth-order valence-electron chi connectivity index (χ4n) is 2.44. The number of aromatic nitrogens is 2. The van der Waals surface area contributed by atoms with Crippen LogP contribution in [0, 0.1) is 13.8 Å². The highest BCUT2D eigenvalue weighted by atomic mass is 35.5. The van der Waals surface area contributed by atoms with Gasteiger partial charge >= 0.3 is 0 Å². The minimum Gasteiger partial charge on any atom is -0.313 e. The molecule has 2 aromatic rings. The predicted octanol–water partition coefficient (Wildman–Crippen LogP) is 3.68. The number of nitrogens with zero attached hydrogens (tertiary/aromatic N) is 2. The molecule has 2 rings (SSSR count). The Hall–Kier alpha value is -1.32. The number of aryl methyl sites for hydroxylation is 3. The van der Waals surface area contributed by atoms with Crippen LogP contribution in [0.5, 0.6) is 0 Å². The maximum absolute atomic E-state index is 6.40. The Morgan fingerprint density at radius 2 is 1.90 bits per heavy atom. The van der Waals surface area contributed by atoms with Gasteiger partial charge in [0.2, 0.25) is 0 Å². The molecular weight excluding hydrogens is 270 g/mol. The zero-order valence-corrected chi connectivity index (χ0v) is 13.3. The molecule has 1 aromatic carbocycles. The molecule has 0 amide bonds. The van der Waals surface area contributed by atoms with Crippen LogP contribution in [0.15, 0.2) is 24.3 Å². The van der Waals surface area contributed by atoms with E-state index >= 15 is 0 Å². The molecule has 108 valence electrons. The van der Waals surface area contributed by atoms with Gasteiger partial charge in [0.05, 0.1) is 16.4 Å². The third kappa shape index (κ3) is 3.05. The number of rotatable bonds is 5. The molecule has 0 radical (unpaired) electrons. The van der Waals surface area contributed by atoms with E-state index in [9.17, 15) is 0 Å². The maximum atomic E-state index is 6.40. The van der Waals surface area contributed by atoms with Gasteiger partial charge in [-0.3, -0.25) is 4.68 Å². The van der Waals surface area contributed by atoms with Gasteiger partial charge in [-0.15, -0.1) is 0 Å². The summed E-state index contributed by atoms with van der Waals surface area (Å²) in [5.74, 6) is 0. The van der Waals surface area contributed by atoms with Gasteiger partial charge in [0.15, 0.2) is 0 Å². The second-order valence-electron chi connectivity index (χ2n) is 5.12. The van der Waals surface area contributed by atoms with E-state index in [1.165, 1.54) is 11.1 Å². The number of benzene rings is 1. The van der Waals surface area contributed by atoms with E-state index in [0.29, 0.717) is 0 Å². The molecule has 20 heavy (non-hydrogen) atoms. The van der Waals surface area contributed by atoms with Crippen LogP contribution in [0.3, 0.4) is 0 Å². The van der Waals surface area contributed by atoms with Crippen LogP contribution in [0.25, 0.3) is 0 Å². The van der Waals surface area contributed by atoms with E-state index in [1.54, 1.807) is 0 Å². The summed E-state index contributed by atoms with van der Waals surface area (Å²) in [7, 11) is 1.98. The Labute approximate surface area is 126 Å². The monoisotopic (exact) mass is 291 g/mol. The quantitative estimate of drug-likeness (QED) is 0.911. The van der Waals surface area contributed by atoms with Crippen molar-refractivity contribution >= 4 is 11.6 Å². The topological polar surface area (TPSA) is 29.9 Å². The summed E-state index contributed by atoms with van der Waals surface area (Å²) in [6.45, 7) is 6.99. The van der Waals surface area contributed by atoms with Crippen molar-refractivity contribution in [3.05, 3.63) is 51.8 Å². The molecule has 1 unspecified atom stereocenters. The van der Waals surface area contributed by atoms with Crippen molar-refractivity contribution in [2.45, 2.75) is 39.8 Å². The van der Waals surface area contributed by atoms with Gasteiger partial charge in [0.1, 0.15) is 0 Å². The van der Waals surface area contributed by atoms with Gasteiger partial charge < -0.3 is 5.32 Å². The molecule has 0 saturated carbocycles. The Kier molecular flexibility index (Phi) is 4.84. The molecule has 0 aliphatic heterocycles. The molecule has 1 atom stereocenters. The molecule has 0 fully saturated rings. The first kappa shape index (κ1) is 15.1. The van der Waals surface area contributed by atoms with Crippen molar-refractivity contribution in [3.8, 4) is 0 Å². The van der Waals surface area contributed by atoms with Gasteiger partial charge in [-0.1, -0.05) is 41.4 Å². The lowest BCUT2D eigenvalue weighted by atomic mass is 10.0. The predicted molar refractivity (Wildman–Crippen MR) is 84.3 cm³/mol. The summed E-state index contributed by atoms with van der Waals surface area (Å²) in [6.07, 6.45) is 0.840. The van der Waals surface area contributed by atoms with Gasteiger partial charge in [-0.2, -0.15) is 5.10 Å². The molecule has 3 nitrogen and oxygen atoms in total. The van der Waals surface area contributed by atoms with Gasteiger partial charge in [-0.25, -0.2) is 0 Å². The first-order valence-electron chi connectivity index (χ1n) is 7.02. The van der Waals surface area contributed by atoms with Crippen molar-refractivity contribution in [3.63, 3.8) is 0 Å². The fraction of sp³-hybridized carbons (Fsp3) is 0.438. The van der Waals surface area contributed by atoms with Crippen LogP contribution < -0.4 is 5.32 Å². The minimum atomic E-state index is 0.245. The number of halogens is 1. The standard InChI is InChI=1S/C16H22ClN3/c1-5-20-15(16(17)12(3)19-20)10-14(18-4)13-8-6-11(2)7-9-13/h6-9,14,18H,5,10H2,1-4H3. The number of hydrogen-bond acceptors (Lipinski definition) is 2. The largest absolute Gasteiger partial charge is 0.313 e. The molecule has 4 heteroatoms. The lowest BCUT2D eigenvalue weighted by molar-refractivity contribution is 0.541. The molecular formula is C16H22ClN3. The Morgan fingerprint density at radius 3 is 2.45 bits per heavy atom. The number of hydrogen-bond donors (Lipinski definition) is 1. The molecule has 1 heterocycles. The van der Waals surface area contributed by atoms with E-state index in [4.69, 9.17) is 11.6 Å². The van der Waals surface area contributed by atoms with Gasteiger partial charge in [0.25, 0.3) is 0 Å². The molecule has 0 saturated heterocycles. The fourth-order valence-corrected chi connectivity index (χ4v) is 2.66. The van der Waals surface area contributed by atoms with Crippen LogP contribution >= 0.6 is 11.6 Å². The van der Waals surface area contributed by atoms with E-state index in [0.717, 1.165) is 29.4 Å². The lowest BCUT2D eigenvalue weighted by Gasteiger charge is -2.18. The normalized spacial score (nSPS) is 12.7. The summed E-state index contributed by atoms with van der Waals surface area (Å²) in [5, 5.41) is 8.65. The van der Waals surface area contributed by atoms with Crippen molar-refractivity contribution in [1.29, 1.82) is 0 Å². The summed E-state index contributed by atoms with van der Waals surface area (Å²) in [5.41, 5.74) is 4.56. The number of nitrogens with one attached hydrogen (secondary N) is 1. The van der Waals surface area contributed by atoms with Crippen molar-refractivity contribution in [2.24, 2.45) is 0 Å². The number of likely N-dealkylation sites (N-methyl/N-ethyl adjacent to an activating group) is 1. The highest BCUT2D eigenvalue weighted by Crippen LogP contribution is 2.26. The maximum Gasteiger partial charge on any atom is 0.0847 e. The molecule has 0 bridgehead atoms. The summed E-state index contributed by atoms with van der Waals surface area (Å²) in [4.78, 5) is 0. The molecule has 0 aliphatic rings. The SMILES string of the molecule is CCn1nc(C)c(Cl)c1CC(NC)c1ccc(C)cc1. The lowest BCUT2D eigenvalue weighted by Crippen LogP contribution is -2.20. The van der Waals surface area contributed by atoms with Crippen LogP contribution in [0.4, 0.5) is 0 Å². The van der Waals surface area contributed by atoms with Crippen molar-refractivity contribution in [1.82, 2.24) is 15.1 Å². The third-order valence-corrected chi connectivity index (χ3v) is 4.17. The first-order chi connectivity index (χ1) is 9.56. The van der Waals surface area contributed by atoms with Gasteiger partial charge in [0, 0.05) is 19.0 Å². The van der Waals surface area contributed by atoms with E-state index in [2.05, 4.69) is 48.5 Å². The first-order valence-corrected chi connectivity index (χ1v) is 7.40. The summed E-state index contributed by atoms with van der Waals surface area (Å²) >= 11 is 6.40. The van der Waals surface area contributed by atoms with Crippen molar-refractivity contribution in [2.75, 3.05) is 7.05 Å². The molecule has 1 N–H and O–H groups in total. The molecule has 0 spiro atoms. The van der Waals surface area contributed by atoms with Crippen LogP contribution in [-0.4, -0.2) is 16.8 Å². The average Bonchev–Trinajstić information content (AvgIpc) is 2.73. The average molecular weight is 292 g/mol. The smallest absolute Gasteiger partial charge is 0.0847 e. The zero-order valence-electron chi connectivity index (χ0n) is 12.6. The minimum absolute atomic E-state index is 0.245. The van der Waals surface area contributed by atoms with Gasteiger partial charge in [-0.05, 0) is 33.4 Å². The van der Waals surface area contributed by atoms with Crippen LogP contribution in [0.2, 0.25) is 5.02 Å². The highest BCUT2D eigenvalue weighted by Gasteiger charge is 2.18. The Bertz CT molecular complexity index is 572. The van der Waals surface area contributed by atoms with E-state index < -0.39 is 0 Å². The summed E-state index contributed by atoms with van der Waals surface area (Å²) < 4.78 is 2.00. The second kappa shape index (κ2) is 6.42. The van der Waals surface area contributed by atoms with E-state index in [-0.39, 0.29) is 6.04 Å². The Morgan fingerprint density at radius 1 is 1.25 bits per heavy atom. The van der Waals surface area contributed by atoms with Crippen LogP contribution in [-0.2, 0) is 13.0 Å².